The molecule has 6 heteroatoms. The Morgan fingerprint density at radius 3 is 2.42 bits per heavy atom. The molecule has 2 rings (SSSR count). The van der Waals surface area contributed by atoms with E-state index >= 15 is 0 Å². The second kappa shape index (κ2) is 7.50. The molecule has 133 valence electrons. The highest BCUT2D eigenvalue weighted by Gasteiger charge is 2.48. The summed E-state index contributed by atoms with van der Waals surface area (Å²) in [7, 11) is -1.94. The Hall–Kier alpha value is -0.333. The van der Waals surface area contributed by atoms with Gasteiger partial charge < -0.3 is 9.74 Å². The molecule has 0 aromatic heterocycles. The predicted octanol–water partition coefficient (Wildman–Crippen LogP) is 3.52. The van der Waals surface area contributed by atoms with Crippen molar-refractivity contribution in [3.8, 4) is 0 Å². The number of thioether (sulfide) groups is 1. The molecule has 1 aliphatic heterocycles. The zero-order valence-corrected chi connectivity index (χ0v) is 17.2. The van der Waals surface area contributed by atoms with Gasteiger partial charge in [-0.2, -0.15) is 0 Å². The van der Waals surface area contributed by atoms with Crippen LogP contribution in [-0.2, 0) is 14.0 Å². The first-order valence-corrected chi connectivity index (χ1v) is 12.2. The van der Waals surface area contributed by atoms with Crippen LogP contribution >= 0.6 is 11.8 Å². The molecule has 0 unspecified atom stereocenters. The van der Waals surface area contributed by atoms with Crippen molar-refractivity contribution in [3.05, 3.63) is 31.6 Å². The lowest BCUT2D eigenvalue weighted by molar-refractivity contribution is -0.136. The lowest BCUT2D eigenvalue weighted by atomic mass is 9.96. The van der Waals surface area contributed by atoms with Gasteiger partial charge in [-0.05, 0) is 56.7 Å². The fraction of sp³-hybridized carbons (Fsp3) is 0.611. The van der Waals surface area contributed by atoms with Crippen LogP contribution in [-0.4, -0.2) is 30.8 Å². The summed E-state index contributed by atoms with van der Waals surface area (Å²) in [5.74, 6) is 0.743. The third-order valence-electron chi connectivity index (χ3n) is 5.04. The van der Waals surface area contributed by atoms with Crippen LogP contribution in [0.3, 0.4) is 0 Å². The molecule has 4 nitrogen and oxygen atoms in total. The van der Waals surface area contributed by atoms with Crippen LogP contribution < -0.4 is 5.32 Å². The first-order valence-electron chi connectivity index (χ1n) is 8.39. The number of rotatable bonds is 6. The summed E-state index contributed by atoms with van der Waals surface area (Å²) in [5, 5.41) is 2.84. The molecule has 1 saturated carbocycles. The van der Waals surface area contributed by atoms with Crippen molar-refractivity contribution < 1.29 is 14.0 Å². The Kier molecular flexibility index (Phi) is 6.25. The van der Waals surface area contributed by atoms with Crippen LogP contribution in [0.1, 0.15) is 34.1 Å². The SMILES string of the molecule is C[C@@H](O[Si](C)(C)C(C)(C)C)[C@H]1C(=O)N[C@@H]1SC(=O)C[C]1[CH][CH][CH][CH]1. The van der Waals surface area contributed by atoms with Gasteiger partial charge in [0.1, 0.15) is 0 Å². The summed E-state index contributed by atoms with van der Waals surface area (Å²) in [4.78, 5) is 24.2. The van der Waals surface area contributed by atoms with E-state index in [1.807, 2.05) is 32.6 Å². The summed E-state index contributed by atoms with van der Waals surface area (Å²) < 4.78 is 6.35. The van der Waals surface area contributed by atoms with Crippen molar-refractivity contribution in [2.24, 2.45) is 5.92 Å². The van der Waals surface area contributed by atoms with Gasteiger partial charge in [0.05, 0.1) is 17.4 Å². The molecular weight excluding hydrogens is 338 g/mol. The predicted molar refractivity (Wildman–Crippen MR) is 101 cm³/mol. The Morgan fingerprint density at radius 2 is 1.92 bits per heavy atom. The second-order valence-corrected chi connectivity index (χ2v) is 14.0. The van der Waals surface area contributed by atoms with Gasteiger partial charge in [-0.1, -0.05) is 32.5 Å². The van der Waals surface area contributed by atoms with Gasteiger partial charge in [-0.3, -0.25) is 9.59 Å². The molecule has 1 N–H and O–H groups in total. The molecule has 0 aromatic rings. The maximum atomic E-state index is 12.2. The summed E-state index contributed by atoms with van der Waals surface area (Å²) in [6.45, 7) is 12.9. The first kappa shape index (κ1) is 20.0. The lowest BCUT2D eigenvalue weighted by Gasteiger charge is -2.44. The standard InChI is InChI=1S/C18H28NO3SSi/c1-12(22-24(5,6)18(2,3)4)15-16(21)19-17(15)23-14(20)11-13-9-7-8-10-13/h7-10,12,15,17H,11H2,1-6H3,(H,19,21)/t12-,15+,17-/m1/s1. The molecule has 2 aliphatic rings. The van der Waals surface area contributed by atoms with Gasteiger partial charge in [0.15, 0.2) is 13.4 Å². The maximum Gasteiger partial charge on any atom is 0.229 e. The third-order valence-corrected chi connectivity index (χ3v) is 10.7. The molecule has 3 atom stereocenters. The van der Waals surface area contributed by atoms with E-state index in [-0.39, 0.29) is 33.5 Å². The van der Waals surface area contributed by atoms with Crippen LogP contribution in [0.15, 0.2) is 0 Å². The quantitative estimate of drug-likeness (QED) is 0.577. The van der Waals surface area contributed by atoms with Crippen LogP contribution in [0.25, 0.3) is 0 Å². The van der Waals surface area contributed by atoms with E-state index in [1.165, 1.54) is 11.8 Å². The number of β-lactam (4-membered cyclic amide) rings is 1. The molecule has 0 aromatic carbocycles. The normalized spacial score (nSPS) is 26.8. The molecule has 1 saturated heterocycles. The molecule has 2 fully saturated rings. The van der Waals surface area contributed by atoms with Crippen molar-refractivity contribution in [3.63, 3.8) is 0 Å². The molecule has 5 radical (unpaired) electrons. The summed E-state index contributed by atoms with van der Waals surface area (Å²) in [6.07, 6.45) is 7.96. The van der Waals surface area contributed by atoms with E-state index in [0.717, 1.165) is 5.92 Å². The smallest absolute Gasteiger partial charge is 0.229 e. The monoisotopic (exact) mass is 366 g/mol. The van der Waals surface area contributed by atoms with E-state index in [9.17, 15) is 9.59 Å². The van der Waals surface area contributed by atoms with E-state index in [2.05, 4.69) is 39.2 Å². The van der Waals surface area contributed by atoms with Gasteiger partial charge in [0, 0.05) is 6.42 Å². The van der Waals surface area contributed by atoms with Gasteiger partial charge in [0.2, 0.25) is 5.91 Å². The maximum absolute atomic E-state index is 12.2. The number of amides is 1. The molecule has 1 amide bonds. The Bertz CT molecular complexity index is 483. The van der Waals surface area contributed by atoms with Crippen molar-refractivity contribution >= 4 is 31.1 Å². The Labute approximate surface area is 152 Å². The fourth-order valence-electron chi connectivity index (χ4n) is 2.53. The zero-order chi connectivity index (χ0) is 18.1. The van der Waals surface area contributed by atoms with Gasteiger partial charge in [-0.15, -0.1) is 0 Å². The summed E-state index contributed by atoms with van der Waals surface area (Å²) in [5.41, 5.74) is 0. The average Bonchev–Trinajstić information content (AvgIpc) is 2.88. The topological polar surface area (TPSA) is 55.4 Å². The number of carbonyl (C=O) groups is 2. The fourth-order valence-corrected chi connectivity index (χ4v) is 5.16. The minimum absolute atomic E-state index is 0.0141. The van der Waals surface area contributed by atoms with Crippen molar-refractivity contribution in [2.45, 2.75) is 63.7 Å². The Balaban J connectivity index is 1.89. The first-order chi connectivity index (χ1) is 11.0. The van der Waals surface area contributed by atoms with E-state index < -0.39 is 8.32 Å². The van der Waals surface area contributed by atoms with Crippen molar-refractivity contribution in [2.75, 3.05) is 0 Å². The molecule has 24 heavy (non-hydrogen) atoms. The molecule has 1 heterocycles. The molecule has 0 spiro atoms. The van der Waals surface area contributed by atoms with Crippen molar-refractivity contribution in [1.82, 2.24) is 5.32 Å². The van der Waals surface area contributed by atoms with E-state index in [4.69, 9.17) is 4.43 Å². The number of hydrogen-bond donors (Lipinski definition) is 1. The second-order valence-electron chi connectivity index (χ2n) is 8.00. The molecule has 0 bridgehead atoms. The van der Waals surface area contributed by atoms with Crippen molar-refractivity contribution in [1.29, 1.82) is 0 Å². The molecular formula is C18H28NO3SSi. The largest absolute Gasteiger partial charge is 0.413 e. The minimum Gasteiger partial charge on any atom is -0.413 e. The highest BCUT2D eigenvalue weighted by atomic mass is 32.2. The van der Waals surface area contributed by atoms with Crippen LogP contribution in [0.2, 0.25) is 18.1 Å². The van der Waals surface area contributed by atoms with Gasteiger partial charge in [-0.25, -0.2) is 0 Å². The number of nitrogens with one attached hydrogen (secondary N) is 1. The summed E-state index contributed by atoms with van der Waals surface area (Å²) >= 11 is 1.22. The number of hydrogen-bond acceptors (Lipinski definition) is 4. The van der Waals surface area contributed by atoms with Crippen LogP contribution in [0.4, 0.5) is 0 Å². The molecule has 1 aliphatic carbocycles. The minimum atomic E-state index is -1.94. The highest BCUT2D eigenvalue weighted by molar-refractivity contribution is 8.14. The van der Waals surface area contributed by atoms with Crippen LogP contribution in [0.5, 0.6) is 0 Å². The Morgan fingerprint density at radius 1 is 1.33 bits per heavy atom. The summed E-state index contributed by atoms with van der Waals surface area (Å²) in [6, 6.07) is 0. The van der Waals surface area contributed by atoms with Gasteiger partial charge >= 0.3 is 0 Å². The average molecular weight is 367 g/mol. The van der Waals surface area contributed by atoms with Gasteiger partial charge in [0.25, 0.3) is 0 Å². The third kappa shape index (κ3) is 4.64. The zero-order valence-electron chi connectivity index (χ0n) is 15.4. The number of carbonyl (C=O) groups excluding carboxylic acids is 2. The van der Waals surface area contributed by atoms with E-state index in [0.29, 0.717) is 6.42 Å². The highest BCUT2D eigenvalue weighted by Crippen LogP contribution is 2.40. The van der Waals surface area contributed by atoms with Crippen LogP contribution in [0, 0.1) is 37.5 Å². The lowest BCUT2D eigenvalue weighted by Crippen LogP contribution is -2.62. The van der Waals surface area contributed by atoms with E-state index in [1.54, 1.807) is 0 Å².